The van der Waals surface area contributed by atoms with Gasteiger partial charge in [0.2, 0.25) is 15.9 Å². The van der Waals surface area contributed by atoms with Gasteiger partial charge in [-0.25, -0.2) is 12.7 Å². The number of para-hydroxylation sites is 1. The number of carbonyl (C=O) groups excluding carboxylic acids is 1. The van der Waals surface area contributed by atoms with Crippen LogP contribution in [-0.2, 0) is 19.6 Å². The molecule has 0 aromatic heterocycles. The number of carbonyl (C=O) groups is 1. The van der Waals surface area contributed by atoms with Crippen LogP contribution in [0.25, 0.3) is 0 Å². The molecular formula is C15H21ClN2O4S. The second-order valence-electron chi connectivity index (χ2n) is 5.45. The first-order valence-electron chi connectivity index (χ1n) is 7.46. The standard InChI is InChI=1S/C15H21ClN2O4S/c1-22-10-11-23(20,21)18-8-6-12(7-9-18)15(19)17-14-5-3-2-4-13(14)16/h2-5,12H,6-11H2,1H3,(H,17,19). The Balaban J connectivity index is 1.89. The second kappa shape index (κ2) is 8.10. The highest BCUT2D eigenvalue weighted by atomic mass is 35.5. The fourth-order valence-electron chi connectivity index (χ4n) is 2.51. The van der Waals surface area contributed by atoms with Gasteiger partial charge in [-0.05, 0) is 25.0 Å². The van der Waals surface area contributed by atoms with Crippen LogP contribution in [0.1, 0.15) is 12.8 Å². The minimum atomic E-state index is -3.30. The van der Waals surface area contributed by atoms with E-state index in [1.54, 1.807) is 24.3 Å². The molecule has 8 heteroatoms. The first-order valence-corrected chi connectivity index (χ1v) is 9.45. The Morgan fingerprint density at radius 1 is 1.35 bits per heavy atom. The maximum absolute atomic E-state index is 12.3. The number of halogens is 1. The maximum atomic E-state index is 12.3. The minimum absolute atomic E-state index is 0.0278. The van der Waals surface area contributed by atoms with Crippen molar-refractivity contribution in [2.75, 3.05) is 37.9 Å². The number of hydrogen-bond donors (Lipinski definition) is 1. The van der Waals surface area contributed by atoms with Gasteiger partial charge < -0.3 is 10.1 Å². The van der Waals surface area contributed by atoms with Crippen LogP contribution < -0.4 is 5.32 Å². The molecule has 1 saturated heterocycles. The Bertz CT molecular complexity index is 643. The molecule has 1 aromatic carbocycles. The van der Waals surface area contributed by atoms with E-state index in [0.717, 1.165) is 0 Å². The molecule has 1 heterocycles. The molecule has 1 aliphatic rings. The molecule has 0 atom stereocenters. The average Bonchev–Trinajstić information content (AvgIpc) is 2.55. The van der Waals surface area contributed by atoms with Crippen LogP contribution >= 0.6 is 11.6 Å². The Labute approximate surface area is 141 Å². The molecule has 1 aliphatic heterocycles. The van der Waals surface area contributed by atoms with Crippen LogP contribution in [0.4, 0.5) is 5.69 Å². The minimum Gasteiger partial charge on any atom is -0.384 e. The van der Waals surface area contributed by atoms with Crippen molar-refractivity contribution >= 4 is 33.2 Å². The van der Waals surface area contributed by atoms with Gasteiger partial charge in [0.1, 0.15) is 0 Å². The molecule has 23 heavy (non-hydrogen) atoms. The molecule has 0 bridgehead atoms. The monoisotopic (exact) mass is 360 g/mol. The lowest BCUT2D eigenvalue weighted by molar-refractivity contribution is -0.120. The first kappa shape index (κ1) is 18.2. The lowest BCUT2D eigenvalue weighted by atomic mass is 9.97. The van der Waals surface area contributed by atoms with E-state index in [1.807, 2.05) is 0 Å². The Morgan fingerprint density at radius 3 is 2.61 bits per heavy atom. The third kappa shape index (κ3) is 4.91. The number of nitrogens with zero attached hydrogens (tertiary/aromatic N) is 1. The van der Waals surface area contributed by atoms with Crippen LogP contribution in [-0.4, -0.2) is 51.2 Å². The van der Waals surface area contributed by atoms with Crippen LogP contribution in [0, 0.1) is 5.92 Å². The van der Waals surface area contributed by atoms with E-state index in [1.165, 1.54) is 11.4 Å². The van der Waals surface area contributed by atoms with Crippen molar-refractivity contribution in [3.05, 3.63) is 29.3 Å². The molecule has 6 nitrogen and oxygen atoms in total. The topological polar surface area (TPSA) is 75.7 Å². The lowest BCUT2D eigenvalue weighted by Gasteiger charge is -2.30. The zero-order chi connectivity index (χ0) is 16.9. The van der Waals surface area contributed by atoms with Crippen LogP contribution in [0.5, 0.6) is 0 Å². The molecule has 1 amide bonds. The predicted octanol–water partition coefficient (Wildman–Crippen LogP) is 1.97. The highest BCUT2D eigenvalue weighted by Crippen LogP contribution is 2.24. The van der Waals surface area contributed by atoms with Gasteiger partial charge in [0, 0.05) is 26.1 Å². The van der Waals surface area contributed by atoms with Crippen molar-refractivity contribution < 1.29 is 17.9 Å². The summed E-state index contributed by atoms with van der Waals surface area (Å²) in [6.07, 6.45) is 1.00. The summed E-state index contributed by atoms with van der Waals surface area (Å²) >= 11 is 6.02. The second-order valence-corrected chi connectivity index (χ2v) is 7.95. The lowest BCUT2D eigenvalue weighted by Crippen LogP contribution is -2.42. The molecule has 0 spiro atoms. The molecule has 2 rings (SSSR count). The molecular weight excluding hydrogens is 340 g/mol. The summed E-state index contributed by atoms with van der Waals surface area (Å²) in [7, 11) is -1.83. The summed E-state index contributed by atoms with van der Waals surface area (Å²) in [5.74, 6) is -0.354. The number of rotatable bonds is 6. The van der Waals surface area contributed by atoms with Gasteiger partial charge in [-0.2, -0.15) is 0 Å². The van der Waals surface area contributed by atoms with E-state index in [4.69, 9.17) is 16.3 Å². The smallest absolute Gasteiger partial charge is 0.227 e. The number of anilines is 1. The van der Waals surface area contributed by atoms with Crippen LogP contribution in [0.3, 0.4) is 0 Å². The van der Waals surface area contributed by atoms with E-state index in [9.17, 15) is 13.2 Å². The van der Waals surface area contributed by atoms with Crippen LogP contribution in [0.2, 0.25) is 5.02 Å². The van der Waals surface area contributed by atoms with Crippen molar-refractivity contribution in [2.24, 2.45) is 5.92 Å². The fraction of sp³-hybridized carbons (Fsp3) is 0.533. The van der Waals surface area contributed by atoms with Crippen molar-refractivity contribution in [3.8, 4) is 0 Å². The number of sulfonamides is 1. The summed E-state index contributed by atoms with van der Waals surface area (Å²) in [6.45, 7) is 0.883. The summed E-state index contributed by atoms with van der Waals surface area (Å²) in [5, 5.41) is 3.30. The first-order chi connectivity index (χ1) is 10.9. The highest BCUT2D eigenvalue weighted by Gasteiger charge is 2.31. The molecule has 0 radical (unpaired) electrons. The van der Waals surface area contributed by atoms with Gasteiger partial charge >= 0.3 is 0 Å². The van der Waals surface area contributed by atoms with Gasteiger partial charge in [0.05, 0.1) is 23.1 Å². The van der Waals surface area contributed by atoms with E-state index in [-0.39, 0.29) is 24.2 Å². The van der Waals surface area contributed by atoms with Gasteiger partial charge in [0.15, 0.2) is 0 Å². The number of amides is 1. The maximum Gasteiger partial charge on any atom is 0.227 e. The average molecular weight is 361 g/mol. The molecule has 128 valence electrons. The zero-order valence-electron chi connectivity index (χ0n) is 13.0. The van der Waals surface area contributed by atoms with Crippen molar-refractivity contribution in [2.45, 2.75) is 12.8 Å². The summed E-state index contributed by atoms with van der Waals surface area (Å²) < 4.78 is 30.4. The molecule has 0 unspecified atom stereocenters. The third-order valence-electron chi connectivity index (χ3n) is 3.90. The SMILES string of the molecule is COCCS(=O)(=O)N1CCC(C(=O)Nc2ccccc2Cl)CC1. The van der Waals surface area contributed by atoms with Crippen LogP contribution in [0.15, 0.2) is 24.3 Å². The fourth-order valence-corrected chi connectivity index (χ4v) is 4.10. The number of piperidine rings is 1. The Hall–Kier alpha value is -1.15. The van der Waals surface area contributed by atoms with Gasteiger partial charge in [-0.1, -0.05) is 23.7 Å². The molecule has 0 aliphatic carbocycles. The largest absolute Gasteiger partial charge is 0.384 e. The molecule has 1 aromatic rings. The van der Waals surface area contributed by atoms with Crippen molar-refractivity contribution in [1.82, 2.24) is 4.31 Å². The predicted molar refractivity (Wildman–Crippen MR) is 90.0 cm³/mol. The van der Waals surface area contributed by atoms with E-state index < -0.39 is 10.0 Å². The molecule has 1 N–H and O–H groups in total. The van der Waals surface area contributed by atoms with Gasteiger partial charge in [-0.3, -0.25) is 4.79 Å². The van der Waals surface area contributed by atoms with E-state index in [0.29, 0.717) is 36.6 Å². The summed E-state index contributed by atoms with van der Waals surface area (Å²) in [4.78, 5) is 12.3. The summed E-state index contributed by atoms with van der Waals surface area (Å²) in [6, 6.07) is 7.04. The number of nitrogens with one attached hydrogen (secondary N) is 1. The Kier molecular flexibility index (Phi) is 6.41. The van der Waals surface area contributed by atoms with Gasteiger partial charge in [0.25, 0.3) is 0 Å². The third-order valence-corrected chi connectivity index (χ3v) is 6.06. The normalized spacial score (nSPS) is 17.1. The van der Waals surface area contributed by atoms with E-state index in [2.05, 4.69) is 5.32 Å². The van der Waals surface area contributed by atoms with Crippen molar-refractivity contribution in [3.63, 3.8) is 0 Å². The van der Waals surface area contributed by atoms with Crippen molar-refractivity contribution in [1.29, 1.82) is 0 Å². The number of hydrogen-bond acceptors (Lipinski definition) is 4. The number of methoxy groups -OCH3 is 1. The van der Waals surface area contributed by atoms with Gasteiger partial charge in [-0.15, -0.1) is 0 Å². The molecule has 1 fully saturated rings. The van der Waals surface area contributed by atoms with E-state index >= 15 is 0 Å². The summed E-state index contributed by atoms with van der Waals surface area (Å²) in [5.41, 5.74) is 0.578. The zero-order valence-corrected chi connectivity index (χ0v) is 14.6. The Morgan fingerprint density at radius 2 is 2.00 bits per heavy atom. The number of ether oxygens (including phenoxy) is 1. The highest BCUT2D eigenvalue weighted by molar-refractivity contribution is 7.89. The number of benzene rings is 1. The quantitative estimate of drug-likeness (QED) is 0.841. The molecule has 0 saturated carbocycles.